The molecule has 1 atom stereocenters. The van der Waals surface area contributed by atoms with E-state index in [4.69, 9.17) is 9.72 Å². The summed E-state index contributed by atoms with van der Waals surface area (Å²) in [5.41, 5.74) is 2.12. The predicted molar refractivity (Wildman–Crippen MR) is 113 cm³/mol. The van der Waals surface area contributed by atoms with E-state index in [1.165, 1.54) is 12.3 Å². The molecular weight excluding hydrogens is 413 g/mol. The number of pyridine rings is 2. The number of nitrogens with one attached hydrogen (secondary N) is 1. The fraction of sp³-hybridized carbons (Fsp3) is 0.227. The standard InChI is InChI=1S/C22H18FN7O2/c23-14-9-15-17-4-2-7-29(17)18-5-8-30-20(27-18)16(11-26-30)21(31)28-19-13(3-1-6-24-19)12-32-22(15)25-10-14/h1,3,5-6,8-11,17H,2,4,7,12H2,(H,24,28,31)/t17-/m1/s1. The van der Waals surface area contributed by atoms with E-state index in [0.29, 0.717) is 39.9 Å². The second-order valence-electron chi connectivity index (χ2n) is 7.77. The molecule has 0 aliphatic carbocycles. The molecule has 9 nitrogen and oxygen atoms in total. The zero-order valence-electron chi connectivity index (χ0n) is 16.9. The van der Waals surface area contributed by atoms with Gasteiger partial charge in [-0.1, -0.05) is 6.07 Å². The van der Waals surface area contributed by atoms with E-state index in [1.807, 2.05) is 12.1 Å². The lowest BCUT2D eigenvalue weighted by atomic mass is 10.1. The van der Waals surface area contributed by atoms with Crippen LogP contribution in [0.2, 0.25) is 0 Å². The number of amides is 1. The second-order valence-corrected chi connectivity index (χ2v) is 7.77. The lowest BCUT2D eigenvalue weighted by Gasteiger charge is -2.27. The minimum atomic E-state index is -0.420. The van der Waals surface area contributed by atoms with Gasteiger partial charge in [-0.3, -0.25) is 4.79 Å². The van der Waals surface area contributed by atoms with E-state index in [9.17, 15) is 9.18 Å². The van der Waals surface area contributed by atoms with Crippen LogP contribution in [0, 0.1) is 5.82 Å². The highest BCUT2D eigenvalue weighted by atomic mass is 19.1. The Morgan fingerprint density at radius 1 is 1.22 bits per heavy atom. The highest BCUT2D eigenvalue weighted by molar-refractivity contribution is 6.08. The van der Waals surface area contributed by atoms with E-state index < -0.39 is 5.82 Å². The van der Waals surface area contributed by atoms with Crippen LogP contribution in [0.3, 0.4) is 0 Å². The average molecular weight is 431 g/mol. The SMILES string of the molecule is O=C1Nc2ncccc2COc2ncc(F)cc2[C@H]2CCCN2c2ccn3ncc1c3n2. The van der Waals surface area contributed by atoms with Gasteiger partial charge in [0.05, 0.1) is 18.4 Å². The minimum Gasteiger partial charge on any atom is -0.472 e. The van der Waals surface area contributed by atoms with Crippen LogP contribution in [-0.4, -0.2) is 37.0 Å². The topological polar surface area (TPSA) is 97.5 Å². The van der Waals surface area contributed by atoms with Crippen LogP contribution in [0.15, 0.2) is 49.1 Å². The number of rotatable bonds is 0. The number of carbonyl (C=O) groups is 1. The van der Waals surface area contributed by atoms with E-state index in [-0.39, 0.29) is 18.6 Å². The Kier molecular flexibility index (Phi) is 4.23. The van der Waals surface area contributed by atoms with Crippen molar-refractivity contribution in [3.05, 3.63) is 71.6 Å². The van der Waals surface area contributed by atoms with Gasteiger partial charge in [-0.05, 0) is 31.0 Å². The molecule has 0 spiro atoms. The fourth-order valence-corrected chi connectivity index (χ4v) is 4.33. The van der Waals surface area contributed by atoms with Crippen LogP contribution in [0.25, 0.3) is 5.65 Å². The Morgan fingerprint density at radius 3 is 3.09 bits per heavy atom. The van der Waals surface area contributed by atoms with Gasteiger partial charge in [-0.15, -0.1) is 0 Å². The van der Waals surface area contributed by atoms with Crippen molar-refractivity contribution in [3.63, 3.8) is 0 Å². The Labute approximate surface area is 181 Å². The van der Waals surface area contributed by atoms with Crippen molar-refractivity contribution in [1.82, 2.24) is 24.6 Å². The Balaban J connectivity index is 1.56. The van der Waals surface area contributed by atoms with Crippen molar-refractivity contribution in [2.24, 2.45) is 0 Å². The molecule has 0 aromatic carbocycles. The summed E-state index contributed by atoms with van der Waals surface area (Å²) in [7, 11) is 0. The lowest BCUT2D eigenvalue weighted by molar-refractivity contribution is 0.102. The summed E-state index contributed by atoms with van der Waals surface area (Å²) < 4.78 is 21.8. The first kappa shape index (κ1) is 18.7. The predicted octanol–water partition coefficient (Wildman–Crippen LogP) is 3.14. The van der Waals surface area contributed by atoms with Crippen molar-refractivity contribution in [3.8, 4) is 5.88 Å². The minimum absolute atomic E-state index is 0.120. The molecule has 10 heteroatoms. The number of aromatic nitrogens is 5. The van der Waals surface area contributed by atoms with Gasteiger partial charge in [0.1, 0.15) is 29.6 Å². The molecule has 2 aliphatic heterocycles. The maximum atomic E-state index is 14.2. The van der Waals surface area contributed by atoms with E-state index in [2.05, 4.69) is 25.3 Å². The smallest absolute Gasteiger partial charge is 0.262 e. The maximum Gasteiger partial charge on any atom is 0.262 e. The normalized spacial score (nSPS) is 17.8. The van der Waals surface area contributed by atoms with Gasteiger partial charge < -0.3 is 15.0 Å². The molecule has 1 N–H and O–H groups in total. The van der Waals surface area contributed by atoms with E-state index in [0.717, 1.165) is 25.6 Å². The highest BCUT2D eigenvalue weighted by Gasteiger charge is 2.31. The largest absolute Gasteiger partial charge is 0.472 e. The number of carbonyl (C=O) groups excluding carboxylic acids is 1. The zero-order chi connectivity index (χ0) is 21.7. The maximum absolute atomic E-state index is 14.2. The van der Waals surface area contributed by atoms with Crippen molar-refractivity contribution in [1.29, 1.82) is 0 Å². The number of hydrogen-bond donors (Lipinski definition) is 1. The summed E-state index contributed by atoms with van der Waals surface area (Å²) in [6.07, 6.45) is 7.71. The quantitative estimate of drug-likeness (QED) is 0.457. The molecule has 32 heavy (non-hydrogen) atoms. The molecule has 160 valence electrons. The van der Waals surface area contributed by atoms with Crippen molar-refractivity contribution >= 4 is 23.2 Å². The molecule has 0 saturated carbocycles. The number of halogens is 1. The second kappa shape index (κ2) is 7.26. The molecule has 4 aromatic rings. The van der Waals surface area contributed by atoms with E-state index >= 15 is 0 Å². The summed E-state index contributed by atoms with van der Waals surface area (Å²) >= 11 is 0. The van der Waals surface area contributed by atoms with Crippen molar-refractivity contribution in [2.75, 3.05) is 16.8 Å². The summed E-state index contributed by atoms with van der Waals surface area (Å²) in [6, 6.07) is 6.74. The molecule has 6 heterocycles. The van der Waals surface area contributed by atoms with Crippen LogP contribution in [0.5, 0.6) is 5.88 Å². The van der Waals surface area contributed by atoms with Gasteiger partial charge in [-0.2, -0.15) is 5.10 Å². The summed E-state index contributed by atoms with van der Waals surface area (Å²) in [5.74, 6) is 0.625. The third-order valence-corrected chi connectivity index (χ3v) is 5.84. The third-order valence-electron chi connectivity index (χ3n) is 5.84. The molecule has 0 radical (unpaired) electrons. The van der Waals surface area contributed by atoms with Crippen LogP contribution >= 0.6 is 0 Å². The first-order chi connectivity index (χ1) is 15.7. The van der Waals surface area contributed by atoms with E-state index in [1.54, 1.807) is 23.0 Å². The number of nitrogens with zero attached hydrogens (tertiary/aromatic N) is 6. The lowest BCUT2D eigenvalue weighted by Crippen LogP contribution is -2.25. The molecule has 6 rings (SSSR count). The van der Waals surface area contributed by atoms with Crippen LogP contribution < -0.4 is 15.0 Å². The number of hydrogen-bond acceptors (Lipinski definition) is 7. The Morgan fingerprint density at radius 2 is 2.16 bits per heavy atom. The first-order valence-corrected chi connectivity index (χ1v) is 10.3. The van der Waals surface area contributed by atoms with Crippen molar-refractivity contribution < 1.29 is 13.9 Å². The molecule has 1 fully saturated rings. The van der Waals surface area contributed by atoms with Gasteiger partial charge >= 0.3 is 0 Å². The molecule has 4 aromatic heterocycles. The number of anilines is 2. The molecule has 1 amide bonds. The molecule has 2 bridgehead atoms. The molecule has 0 unspecified atom stereocenters. The summed E-state index contributed by atoms with van der Waals surface area (Å²) in [6.45, 7) is 0.862. The van der Waals surface area contributed by atoms with Crippen molar-refractivity contribution in [2.45, 2.75) is 25.5 Å². The highest BCUT2D eigenvalue weighted by Crippen LogP contribution is 2.39. The first-order valence-electron chi connectivity index (χ1n) is 10.3. The molecular formula is C22H18FN7O2. The van der Waals surface area contributed by atoms with Gasteiger partial charge in [0.2, 0.25) is 5.88 Å². The molecule has 2 aliphatic rings. The Hall–Kier alpha value is -4.08. The summed E-state index contributed by atoms with van der Waals surface area (Å²) in [4.78, 5) is 28.4. The van der Waals surface area contributed by atoms with Gasteiger partial charge in [-0.25, -0.2) is 23.9 Å². The monoisotopic (exact) mass is 431 g/mol. The fourth-order valence-electron chi connectivity index (χ4n) is 4.33. The summed E-state index contributed by atoms with van der Waals surface area (Å²) in [5, 5.41) is 7.09. The zero-order valence-corrected chi connectivity index (χ0v) is 16.9. The number of ether oxygens (including phenoxy) is 1. The van der Waals surface area contributed by atoms with Gasteiger partial charge in [0, 0.05) is 30.1 Å². The van der Waals surface area contributed by atoms with Gasteiger partial charge in [0.25, 0.3) is 5.91 Å². The Bertz CT molecular complexity index is 1360. The van der Waals surface area contributed by atoms with Gasteiger partial charge in [0.15, 0.2) is 5.65 Å². The molecule has 1 saturated heterocycles. The van der Waals surface area contributed by atoms with Crippen LogP contribution in [-0.2, 0) is 6.61 Å². The third kappa shape index (κ3) is 3.03. The average Bonchev–Trinajstić information content (AvgIpc) is 3.45. The van der Waals surface area contributed by atoms with Crippen LogP contribution in [0.1, 0.15) is 40.4 Å². The number of fused-ring (bicyclic) bond motifs is 6. The van der Waals surface area contributed by atoms with Crippen LogP contribution in [0.4, 0.5) is 16.0 Å².